The van der Waals surface area contributed by atoms with Gasteiger partial charge in [-0.2, -0.15) is 0 Å². The molecule has 1 aliphatic rings. The first-order valence-corrected chi connectivity index (χ1v) is 4.87. The fourth-order valence-corrected chi connectivity index (χ4v) is 2.60. The fourth-order valence-electron chi connectivity index (χ4n) is 0.687. The van der Waals surface area contributed by atoms with E-state index in [0.717, 1.165) is 19.7 Å². The lowest BCUT2D eigenvalue weighted by atomic mass is 11.4. The van der Waals surface area contributed by atoms with Crippen LogP contribution >= 0.6 is 0 Å². The van der Waals surface area contributed by atoms with E-state index < -0.39 is 0 Å². The lowest BCUT2D eigenvalue weighted by molar-refractivity contribution is 0.108. The highest BCUT2D eigenvalue weighted by molar-refractivity contribution is 6.37. The van der Waals surface area contributed by atoms with Gasteiger partial charge in [0.15, 0.2) is 0 Å². The van der Waals surface area contributed by atoms with Gasteiger partial charge in [0, 0.05) is 0 Å². The third-order valence-electron chi connectivity index (χ3n) is 1.48. The van der Waals surface area contributed by atoms with Crippen LogP contribution < -0.4 is 0 Å². The zero-order valence-corrected chi connectivity index (χ0v) is 8.79. The second kappa shape index (κ2) is 3.12. The average Bonchev–Trinajstić information content (AvgIpc) is 1.84. The van der Waals surface area contributed by atoms with Crippen molar-refractivity contribution in [1.82, 2.24) is 18.7 Å². The second-order valence-electron chi connectivity index (χ2n) is 2.29. The number of hydrazine groups is 2. The Balaban J connectivity index is 2.46. The molecule has 0 unspecified atom stereocenters. The molecule has 0 saturated carbocycles. The summed E-state index contributed by atoms with van der Waals surface area (Å²) in [5.41, 5.74) is 0. The molecule has 10 heavy (non-hydrogen) atoms. The first kappa shape index (κ1) is 8.37. The standard InChI is InChI=1S/C4H12N4Si2/c1-5-6(2)10-8(4)7(3)9-5/h1-4H3. The van der Waals surface area contributed by atoms with Crippen LogP contribution in [-0.4, -0.2) is 66.6 Å². The summed E-state index contributed by atoms with van der Waals surface area (Å²) in [5, 5.41) is 0. The van der Waals surface area contributed by atoms with Gasteiger partial charge in [0.2, 0.25) is 0 Å². The molecule has 1 aliphatic heterocycles. The van der Waals surface area contributed by atoms with Crippen LogP contribution in [0.3, 0.4) is 0 Å². The molecule has 0 atom stereocenters. The van der Waals surface area contributed by atoms with E-state index in [2.05, 4.69) is 46.9 Å². The Morgan fingerprint density at radius 2 is 0.800 bits per heavy atom. The van der Waals surface area contributed by atoms with E-state index >= 15 is 0 Å². The van der Waals surface area contributed by atoms with Gasteiger partial charge in [-0.1, -0.05) is 0 Å². The lowest BCUT2D eigenvalue weighted by Crippen LogP contribution is -2.62. The fraction of sp³-hybridized carbons (Fsp3) is 1.00. The average molecular weight is 172 g/mol. The number of hydrogen-bond donors (Lipinski definition) is 0. The van der Waals surface area contributed by atoms with Crippen molar-refractivity contribution in [2.75, 3.05) is 28.2 Å². The molecule has 0 spiro atoms. The van der Waals surface area contributed by atoms with Gasteiger partial charge in [0.25, 0.3) is 19.7 Å². The quantitative estimate of drug-likeness (QED) is 0.418. The summed E-state index contributed by atoms with van der Waals surface area (Å²) in [6.45, 7) is 0. The van der Waals surface area contributed by atoms with Crippen molar-refractivity contribution in [3.05, 3.63) is 0 Å². The van der Waals surface area contributed by atoms with Gasteiger partial charge in [-0.05, 0) is 28.2 Å². The van der Waals surface area contributed by atoms with Crippen molar-refractivity contribution in [2.45, 2.75) is 0 Å². The molecule has 4 nitrogen and oxygen atoms in total. The Hall–Kier alpha value is 0.274. The lowest BCUT2D eigenvalue weighted by Gasteiger charge is -2.41. The minimum atomic E-state index is 0.735. The summed E-state index contributed by atoms with van der Waals surface area (Å²) in [5.74, 6) is 0. The number of nitrogens with zero attached hydrogens (tertiary/aromatic N) is 4. The molecule has 4 radical (unpaired) electrons. The Kier molecular flexibility index (Phi) is 2.61. The van der Waals surface area contributed by atoms with Crippen LogP contribution in [0.25, 0.3) is 0 Å². The van der Waals surface area contributed by atoms with Crippen molar-refractivity contribution < 1.29 is 0 Å². The van der Waals surface area contributed by atoms with Crippen LogP contribution in [0.4, 0.5) is 0 Å². The molecule has 0 N–H and O–H groups in total. The summed E-state index contributed by atoms with van der Waals surface area (Å²) >= 11 is 0. The van der Waals surface area contributed by atoms with Crippen LogP contribution in [0, 0.1) is 0 Å². The number of hydrogen-bond acceptors (Lipinski definition) is 4. The molecule has 0 aromatic heterocycles. The molecule has 1 fully saturated rings. The van der Waals surface area contributed by atoms with Crippen molar-refractivity contribution in [3.8, 4) is 0 Å². The molecule has 1 heterocycles. The molecule has 1 saturated heterocycles. The molecular formula is C4H12N4Si2. The van der Waals surface area contributed by atoms with Crippen LogP contribution in [-0.2, 0) is 0 Å². The zero-order chi connectivity index (χ0) is 7.72. The van der Waals surface area contributed by atoms with E-state index in [0.29, 0.717) is 0 Å². The monoisotopic (exact) mass is 172 g/mol. The predicted molar refractivity (Wildman–Crippen MR) is 42.6 cm³/mol. The molecule has 0 aliphatic carbocycles. The smallest absolute Gasteiger partial charge is 0.256 e. The van der Waals surface area contributed by atoms with Crippen LogP contribution in [0.5, 0.6) is 0 Å². The van der Waals surface area contributed by atoms with Gasteiger partial charge in [0.1, 0.15) is 0 Å². The maximum atomic E-state index is 2.22. The summed E-state index contributed by atoms with van der Waals surface area (Å²) < 4.78 is 8.88. The number of rotatable bonds is 0. The Morgan fingerprint density at radius 3 is 1.00 bits per heavy atom. The van der Waals surface area contributed by atoms with Crippen LogP contribution in [0.15, 0.2) is 0 Å². The van der Waals surface area contributed by atoms with Gasteiger partial charge >= 0.3 is 0 Å². The van der Waals surface area contributed by atoms with Gasteiger partial charge in [-0.25, -0.2) is 0 Å². The zero-order valence-electron chi connectivity index (χ0n) is 6.79. The van der Waals surface area contributed by atoms with E-state index in [9.17, 15) is 0 Å². The van der Waals surface area contributed by atoms with Gasteiger partial charge < -0.3 is 0 Å². The van der Waals surface area contributed by atoms with Crippen molar-refractivity contribution in [2.24, 2.45) is 0 Å². The Bertz CT molecular complexity index is 95.8. The van der Waals surface area contributed by atoms with E-state index in [1.807, 2.05) is 0 Å². The third-order valence-corrected chi connectivity index (χ3v) is 4.24. The topological polar surface area (TPSA) is 13.0 Å². The van der Waals surface area contributed by atoms with Gasteiger partial charge in [0.05, 0.1) is 0 Å². The maximum absolute atomic E-state index is 2.22. The Labute approximate surface area is 67.3 Å². The molecular weight excluding hydrogens is 160 g/mol. The highest BCUT2D eigenvalue weighted by Gasteiger charge is 2.23. The molecule has 56 valence electrons. The second-order valence-corrected chi connectivity index (χ2v) is 5.28. The normalized spacial score (nSPS) is 27.6. The Morgan fingerprint density at radius 1 is 0.600 bits per heavy atom. The molecule has 0 amide bonds. The first-order chi connectivity index (χ1) is 4.61. The summed E-state index contributed by atoms with van der Waals surface area (Å²) in [6, 6.07) is 0. The molecule has 0 bridgehead atoms. The van der Waals surface area contributed by atoms with E-state index in [1.54, 1.807) is 0 Å². The van der Waals surface area contributed by atoms with E-state index in [1.165, 1.54) is 0 Å². The molecule has 1 rings (SSSR count). The molecule has 6 heteroatoms. The van der Waals surface area contributed by atoms with Crippen LogP contribution in [0.2, 0.25) is 0 Å². The maximum Gasteiger partial charge on any atom is 0.280 e. The SMILES string of the molecule is CN1[Si]N(C)N(C)[Si]N1C. The van der Waals surface area contributed by atoms with Crippen molar-refractivity contribution in [3.63, 3.8) is 0 Å². The highest BCUT2D eigenvalue weighted by Crippen LogP contribution is 1.99. The molecule has 0 aromatic rings. The van der Waals surface area contributed by atoms with Gasteiger partial charge in [-0.15, -0.1) is 0 Å². The van der Waals surface area contributed by atoms with Gasteiger partial charge in [-0.3, -0.25) is 18.7 Å². The van der Waals surface area contributed by atoms with Crippen LogP contribution in [0.1, 0.15) is 0 Å². The van der Waals surface area contributed by atoms with E-state index in [4.69, 9.17) is 0 Å². The summed E-state index contributed by atoms with van der Waals surface area (Å²) in [4.78, 5) is 0. The summed E-state index contributed by atoms with van der Waals surface area (Å²) in [6.07, 6.45) is 0. The highest BCUT2D eigenvalue weighted by atomic mass is 28.2. The minimum Gasteiger partial charge on any atom is -0.256 e. The third kappa shape index (κ3) is 1.65. The van der Waals surface area contributed by atoms with E-state index in [-0.39, 0.29) is 0 Å². The minimum absolute atomic E-state index is 0.735. The first-order valence-electron chi connectivity index (χ1n) is 3.08. The largest absolute Gasteiger partial charge is 0.280 e. The molecule has 0 aromatic carbocycles. The predicted octanol–water partition coefficient (Wildman–Crippen LogP) is -1.37. The summed E-state index contributed by atoms with van der Waals surface area (Å²) in [7, 11) is 9.90. The van der Waals surface area contributed by atoms with Crippen molar-refractivity contribution in [1.29, 1.82) is 0 Å². The van der Waals surface area contributed by atoms with Crippen molar-refractivity contribution >= 4 is 19.7 Å².